The summed E-state index contributed by atoms with van der Waals surface area (Å²) in [5.41, 5.74) is 0. The molecule has 204 valence electrons. The van der Waals surface area contributed by atoms with Gasteiger partial charge in [0.05, 0.1) is 0 Å². The Balaban J connectivity index is -0.00000000400. The average molecular weight is 602 g/mol. The van der Waals surface area contributed by atoms with Crippen LogP contribution in [0.4, 0.5) is 0 Å². The maximum absolute atomic E-state index is 8.52. The Bertz CT molecular complexity index is 369. The van der Waals surface area contributed by atoms with Crippen LogP contribution in [0.2, 0.25) is 0 Å². The van der Waals surface area contributed by atoms with Crippen LogP contribution in [0, 0.1) is 0 Å². The first-order valence-electron chi connectivity index (χ1n) is 2.00. The van der Waals surface area contributed by atoms with Crippen molar-refractivity contribution in [3.8, 4) is 0 Å². The van der Waals surface area contributed by atoms with Gasteiger partial charge in [-0.2, -0.15) is 0 Å². The smallest absolute Gasteiger partial charge is 0.759 e. The van der Waals surface area contributed by atoms with Crippen molar-refractivity contribution in [1.82, 2.24) is 0 Å². The van der Waals surface area contributed by atoms with E-state index in [1.54, 1.807) is 0 Å². The predicted molar refractivity (Wildman–Crippen MR) is 91.5 cm³/mol. The number of hydrogen-bond acceptors (Lipinski definition) is 12. The molecule has 0 heterocycles. The van der Waals surface area contributed by atoms with Crippen LogP contribution in [-0.2, 0) is 64.8 Å². The quantitative estimate of drug-likeness (QED) is 0.281. The minimum Gasteiger partial charge on any atom is -0.759 e. The Kier molecular flexibility index (Phi) is 340. The number of nitrogens with two attached hydrogens (primary N) is 10. The standard InChI is InChI=1S/2Co.10H2N.3H2O4S.2H2O/c;;;;;;;;;;;;3*1-5(2,3)4;;/h;;10*1H2;3*(H2,1,2,3,4);2*1H2/q2*+3;10*-1;;;;;/p-6. The van der Waals surface area contributed by atoms with Gasteiger partial charge in [0.2, 0.25) is 0 Å². The van der Waals surface area contributed by atoms with E-state index in [0.29, 0.717) is 0 Å². The van der Waals surface area contributed by atoms with Crippen molar-refractivity contribution in [2.24, 2.45) is 0 Å². The molecule has 0 aromatic carbocycles. The summed E-state index contributed by atoms with van der Waals surface area (Å²) >= 11 is 0. The Morgan fingerprint density at radius 1 is 0.310 bits per heavy atom. The van der Waals surface area contributed by atoms with Gasteiger partial charge in [0.15, 0.2) is 0 Å². The van der Waals surface area contributed by atoms with E-state index in [0.717, 1.165) is 0 Å². The summed E-state index contributed by atoms with van der Waals surface area (Å²) < 4.78 is 102. The van der Waals surface area contributed by atoms with E-state index in [1.807, 2.05) is 0 Å². The Morgan fingerprint density at radius 2 is 0.310 bits per heavy atom. The molecular weight excluding hydrogens is 578 g/mol. The van der Waals surface area contributed by atoms with E-state index in [4.69, 9.17) is 52.6 Å². The van der Waals surface area contributed by atoms with Gasteiger partial charge in [0, 0.05) is 31.2 Å². The molecule has 24 nitrogen and oxygen atoms in total. The van der Waals surface area contributed by atoms with E-state index < -0.39 is 31.2 Å². The first-order chi connectivity index (χ1) is 6.00. The van der Waals surface area contributed by atoms with Crippen LogP contribution < -0.4 is 0 Å². The van der Waals surface area contributed by atoms with Crippen LogP contribution in [-0.4, -0.2) is 63.5 Å². The molecule has 0 saturated carbocycles. The van der Waals surface area contributed by atoms with E-state index >= 15 is 0 Å². The Hall–Kier alpha value is 0.143. The number of hydrogen-bond donors (Lipinski definition) is 0. The first-order valence-corrected chi connectivity index (χ1v) is 6.00. The topological polar surface area (TPSA) is 639 Å². The van der Waals surface area contributed by atoms with E-state index in [9.17, 15) is 0 Å². The minimum absolute atomic E-state index is 0. The monoisotopic (exact) mass is 602 g/mol. The van der Waals surface area contributed by atoms with Gasteiger partial charge < -0.3 is 99.8 Å². The molecule has 0 aliphatic heterocycles. The fourth-order valence-corrected chi connectivity index (χ4v) is 0. The van der Waals surface area contributed by atoms with Gasteiger partial charge in [-0.15, -0.1) is 0 Å². The fraction of sp³-hybridized carbons (Fsp3) is 0. The van der Waals surface area contributed by atoms with Crippen molar-refractivity contribution in [2.45, 2.75) is 0 Å². The van der Waals surface area contributed by atoms with Gasteiger partial charge in [-0.1, -0.05) is 0 Å². The summed E-state index contributed by atoms with van der Waals surface area (Å²) in [6.45, 7) is 0. The first kappa shape index (κ1) is 157. The third-order valence-corrected chi connectivity index (χ3v) is 0. The van der Waals surface area contributed by atoms with E-state index in [-0.39, 0.29) is 106 Å². The molecule has 0 aliphatic rings. The van der Waals surface area contributed by atoms with Gasteiger partial charge in [-0.05, 0) is 0 Å². The molecule has 0 saturated heterocycles. The minimum atomic E-state index is -5.17. The number of rotatable bonds is 0. The molecule has 0 bridgehead atoms. The maximum atomic E-state index is 8.52. The molecule has 0 atom stereocenters. The second-order valence-corrected chi connectivity index (χ2v) is 3.67. The van der Waals surface area contributed by atoms with Crippen molar-refractivity contribution >= 4 is 31.2 Å². The molecule has 24 N–H and O–H groups in total. The van der Waals surface area contributed by atoms with Crippen molar-refractivity contribution in [3.05, 3.63) is 61.5 Å². The molecule has 0 fully saturated rings. The Labute approximate surface area is 189 Å². The molecule has 0 aliphatic carbocycles. The molecule has 0 rings (SSSR count). The fourth-order valence-electron chi connectivity index (χ4n) is 0. The predicted octanol–water partition coefficient (Wildman–Crippen LogP) is 1.50. The zero-order valence-corrected chi connectivity index (χ0v) is 18.1. The molecule has 29 heteroatoms. The molecule has 0 radical (unpaired) electrons. The molecule has 0 aromatic heterocycles. The van der Waals surface area contributed by atoms with E-state index in [1.165, 1.54) is 0 Å². The summed E-state index contributed by atoms with van der Waals surface area (Å²) in [6.07, 6.45) is 0. The SMILES string of the molecule is O.O.O=S(=O)([O-])[O-].O=S(=O)([O-])[O-].O=S(=O)([O-])[O-].[Co+3].[Co+3].[NH2-].[NH2-].[NH2-].[NH2-].[NH2-].[NH2-].[NH2-].[NH2-].[NH2-].[NH2-]. The van der Waals surface area contributed by atoms with Crippen LogP contribution in [0.25, 0.3) is 61.5 Å². The summed E-state index contributed by atoms with van der Waals surface area (Å²) in [7, 11) is -15.5. The maximum Gasteiger partial charge on any atom is 3.00 e. The van der Waals surface area contributed by atoms with Crippen LogP contribution in [0.1, 0.15) is 0 Å². The summed E-state index contributed by atoms with van der Waals surface area (Å²) in [4.78, 5) is 0. The molecule has 0 amide bonds. The molecular formula is H24Co2N10O14S3-10. The zero-order valence-electron chi connectivity index (χ0n) is 13.6. The van der Waals surface area contributed by atoms with Crippen LogP contribution in [0.3, 0.4) is 0 Å². The summed E-state index contributed by atoms with van der Waals surface area (Å²) in [5, 5.41) is 0. The summed E-state index contributed by atoms with van der Waals surface area (Å²) in [6, 6.07) is 0. The van der Waals surface area contributed by atoms with Crippen LogP contribution >= 0.6 is 0 Å². The molecule has 0 unspecified atom stereocenters. The van der Waals surface area contributed by atoms with Crippen molar-refractivity contribution in [1.29, 1.82) is 0 Å². The second kappa shape index (κ2) is 63.0. The Morgan fingerprint density at radius 3 is 0.310 bits per heavy atom. The van der Waals surface area contributed by atoms with Crippen molar-refractivity contribution < 1.29 is 97.1 Å². The van der Waals surface area contributed by atoms with Gasteiger partial charge in [-0.3, -0.25) is 25.3 Å². The molecule has 29 heavy (non-hydrogen) atoms. The molecule has 0 spiro atoms. The van der Waals surface area contributed by atoms with Crippen molar-refractivity contribution in [2.75, 3.05) is 0 Å². The van der Waals surface area contributed by atoms with Crippen molar-refractivity contribution in [3.63, 3.8) is 0 Å². The van der Waals surface area contributed by atoms with Gasteiger partial charge in [0.25, 0.3) is 0 Å². The van der Waals surface area contributed by atoms with E-state index in [2.05, 4.69) is 0 Å². The van der Waals surface area contributed by atoms with Crippen LogP contribution in [0.5, 0.6) is 0 Å². The average Bonchev–Trinajstić information content (AvgIpc) is 1.41. The van der Waals surface area contributed by atoms with Gasteiger partial charge in [-0.25, -0.2) is 0 Å². The largest absolute Gasteiger partial charge is 3.00 e. The summed E-state index contributed by atoms with van der Waals surface area (Å²) in [5.74, 6) is 0. The third kappa shape index (κ3) is 941000. The molecule has 0 aromatic rings. The zero-order chi connectivity index (χ0) is 13.5. The van der Waals surface area contributed by atoms with Gasteiger partial charge in [0.1, 0.15) is 0 Å². The second-order valence-electron chi connectivity index (χ2n) is 1.22. The third-order valence-electron chi connectivity index (χ3n) is 0. The van der Waals surface area contributed by atoms with Gasteiger partial charge >= 0.3 is 33.6 Å². The van der Waals surface area contributed by atoms with Crippen LogP contribution in [0.15, 0.2) is 0 Å². The normalized spacial score (nSPS) is 6.00.